The van der Waals surface area contributed by atoms with E-state index in [0.717, 1.165) is 30.0 Å². The van der Waals surface area contributed by atoms with Crippen LogP contribution >= 0.6 is 24.8 Å². The fraction of sp³-hybridized carbons (Fsp3) is 0.286. The van der Waals surface area contributed by atoms with Crippen molar-refractivity contribution in [2.75, 3.05) is 6.54 Å². The molecule has 1 saturated heterocycles. The summed E-state index contributed by atoms with van der Waals surface area (Å²) in [5, 5.41) is 3.45. The van der Waals surface area contributed by atoms with Gasteiger partial charge in [0.15, 0.2) is 0 Å². The second-order valence-corrected chi connectivity index (χ2v) is 4.91. The summed E-state index contributed by atoms with van der Waals surface area (Å²) in [6, 6.07) is 2.20. The predicted molar refractivity (Wildman–Crippen MR) is 88.5 cm³/mol. The van der Waals surface area contributed by atoms with Crippen LogP contribution in [-0.2, 0) is 0 Å². The van der Waals surface area contributed by atoms with Gasteiger partial charge in [0.05, 0.1) is 36.0 Å². The topological polar surface area (TPSA) is 68.0 Å². The van der Waals surface area contributed by atoms with Crippen LogP contribution in [0.5, 0.6) is 0 Å². The molecule has 0 aromatic carbocycles. The van der Waals surface area contributed by atoms with Crippen molar-refractivity contribution in [2.24, 2.45) is 0 Å². The average molecular weight is 339 g/mol. The molecule has 1 fully saturated rings. The SMILES string of the molecule is Cl.Cl.c1cnc2ncc(-c3cncc(C4CCCN4)n3)n2c1. The van der Waals surface area contributed by atoms with E-state index in [9.17, 15) is 0 Å². The number of halogens is 2. The van der Waals surface area contributed by atoms with E-state index < -0.39 is 0 Å². The van der Waals surface area contributed by atoms with E-state index in [-0.39, 0.29) is 24.8 Å². The molecule has 1 aliphatic rings. The Labute approximate surface area is 140 Å². The van der Waals surface area contributed by atoms with Crippen LogP contribution in [-0.4, -0.2) is 30.9 Å². The van der Waals surface area contributed by atoms with Gasteiger partial charge in [0.1, 0.15) is 5.69 Å². The van der Waals surface area contributed by atoms with E-state index in [0.29, 0.717) is 11.8 Å². The summed E-state index contributed by atoms with van der Waals surface area (Å²) in [6.45, 7) is 1.05. The van der Waals surface area contributed by atoms with E-state index in [1.165, 1.54) is 6.42 Å². The Morgan fingerprint density at radius 3 is 2.86 bits per heavy atom. The molecule has 1 N–H and O–H groups in total. The Morgan fingerprint density at radius 1 is 1.14 bits per heavy atom. The monoisotopic (exact) mass is 338 g/mol. The molecule has 0 radical (unpaired) electrons. The summed E-state index contributed by atoms with van der Waals surface area (Å²) in [4.78, 5) is 17.6. The number of nitrogens with zero attached hydrogens (tertiary/aromatic N) is 5. The second-order valence-electron chi connectivity index (χ2n) is 4.91. The maximum atomic E-state index is 4.73. The first kappa shape index (κ1) is 16.6. The zero-order chi connectivity index (χ0) is 13.4. The molecule has 0 bridgehead atoms. The molecule has 4 rings (SSSR count). The van der Waals surface area contributed by atoms with Gasteiger partial charge in [-0.1, -0.05) is 0 Å². The van der Waals surface area contributed by atoms with Crippen LogP contribution < -0.4 is 5.32 Å². The molecule has 8 heteroatoms. The van der Waals surface area contributed by atoms with Crippen LogP contribution in [0.25, 0.3) is 17.2 Å². The fourth-order valence-corrected chi connectivity index (χ4v) is 2.63. The van der Waals surface area contributed by atoms with Crippen molar-refractivity contribution >= 4 is 30.6 Å². The van der Waals surface area contributed by atoms with Gasteiger partial charge in [0, 0.05) is 12.4 Å². The van der Waals surface area contributed by atoms with Crippen LogP contribution in [0.4, 0.5) is 0 Å². The van der Waals surface area contributed by atoms with Gasteiger partial charge < -0.3 is 5.32 Å². The molecule has 0 aliphatic carbocycles. The first-order valence-electron chi connectivity index (χ1n) is 6.75. The van der Waals surface area contributed by atoms with Crippen molar-refractivity contribution in [3.8, 4) is 11.4 Å². The van der Waals surface area contributed by atoms with Crippen LogP contribution in [0.1, 0.15) is 24.6 Å². The van der Waals surface area contributed by atoms with Crippen LogP contribution in [0.15, 0.2) is 37.1 Å². The highest BCUT2D eigenvalue weighted by Crippen LogP contribution is 2.23. The Bertz CT molecular complexity index is 754. The first-order valence-corrected chi connectivity index (χ1v) is 6.75. The quantitative estimate of drug-likeness (QED) is 0.777. The number of rotatable bonds is 2. The third-order valence-electron chi connectivity index (χ3n) is 3.62. The van der Waals surface area contributed by atoms with Crippen molar-refractivity contribution in [3.05, 3.63) is 42.7 Å². The van der Waals surface area contributed by atoms with Gasteiger partial charge in [-0.2, -0.15) is 0 Å². The summed E-state index contributed by atoms with van der Waals surface area (Å²) < 4.78 is 1.93. The molecule has 4 heterocycles. The van der Waals surface area contributed by atoms with Gasteiger partial charge in [-0.3, -0.25) is 9.38 Å². The van der Waals surface area contributed by atoms with E-state index in [1.54, 1.807) is 18.6 Å². The van der Waals surface area contributed by atoms with Crippen LogP contribution in [0.2, 0.25) is 0 Å². The summed E-state index contributed by atoms with van der Waals surface area (Å²) >= 11 is 0. The molecule has 116 valence electrons. The van der Waals surface area contributed by atoms with E-state index in [1.807, 2.05) is 22.9 Å². The number of imidazole rings is 1. The molecule has 3 aromatic heterocycles. The molecule has 1 aliphatic heterocycles. The maximum absolute atomic E-state index is 4.73. The summed E-state index contributed by atoms with van der Waals surface area (Å²) in [7, 11) is 0. The Kier molecular flexibility index (Phi) is 5.28. The van der Waals surface area contributed by atoms with Crippen molar-refractivity contribution in [1.82, 2.24) is 29.7 Å². The normalized spacial score (nSPS) is 17.0. The number of aromatic nitrogens is 5. The Morgan fingerprint density at radius 2 is 2.05 bits per heavy atom. The molecule has 0 saturated carbocycles. The van der Waals surface area contributed by atoms with Crippen molar-refractivity contribution in [3.63, 3.8) is 0 Å². The zero-order valence-corrected chi connectivity index (χ0v) is 13.3. The lowest BCUT2D eigenvalue weighted by atomic mass is 10.1. The minimum Gasteiger partial charge on any atom is -0.309 e. The molecule has 1 atom stereocenters. The Hall–Kier alpha value is -1.76. The smallest absolute Gasteiger partial charge is 0.234 e. The maximum Gasteiger partial charge on any atom is 0.234 e. The van der Waals surface area contributed by atoms with E-state index in [2.05, 4.69) is 20.3 Å². The third-order valence-corrected chi connectivity index (χ3v) is 3.62. The first-order chi connectivity index (χ1) is 9.92. The standard InChI is InChI=1S/C14H14N6.2ClH/c1-3-10(16-4-1)11-7-15-8-12(19-11)13-9-18-14-17-5-2-6-20(13)14;;/h2,5-10,16H,1,3-4H2;2*1H. The molecule has 0 amide bonds. The van der Waals surface area contributed by atoms with Gasteiger partial charge in [-0.25, -0.2) is 15.0 Å². The number of fused-ring (bicyclic) bond motifs is 1. The van der Waals surface area contributed by atoms with Gasteiger partial charge >= 0.3 is 0 Å². The lowest BCUT2D eigenvalue weighted by Gasteiger charge is -2.10. The molecule has 3 aromatic rings. The van der Waals surface area contributed by atoms with Crippen molar-refractivity contribution in [1.29, 1.82) is 0 Å². The molecular weight excluding hydrogens is 323 g/mol. The largest absolute Gasteiger partial charge is 0.309 e. The van der Waals surface area contributed by atoms with Crippen LogP contribution in [0, 0.1) is 0 Å². The highest BCUT2D eigenvalue weighted by Gasteiger charge is 2.19. The molecular formula is C14H16Cl2N6. The number of nitrogens with one attached hydrogen (secondary N) is 1. The lowest BCUT2D eigenvalue weighted by Crippen LogP contribution is -2.14. The minimum atomic E-state index is 0. The summed E-state index contributed by atoms with van der Waals surface area (Å²) in [5.74, 6) is 0.675. The average Bonchev–Trinajstić information content (AvgIpc) is 3.17. The fourth-order valence-electron chi connectivity index (χ4n) is 2.63. The van der Waals surface area contributed by atoms with E-state index >= 15 is 0 Å². The lowest BCUT2D eigenvalue weighted by molar-refractivity contribution is 0.625. The van der Waals surface area contributed by atoms with Gasteiger partial charge in [-0.15, -0.1) is 24.8 Å². The van der Waals surface area contributed by atoms with E-state index in [4.69, 9.17) is 4.98 Å². The number of hydrogen-bond donors (Lipinski definition) is 1. The molecule has 0 spiro atoms. The van der Waals surface area contributed by atoms with Gasteiger partial charge in [0.2, 0.25) is 5.78 Å². The molecule has 22 heavy (non-hydrogen) atoms. The second kappa shape index (κ2) is 7.00. The number of hydrogen-bond acceptors (Lipinski definition) is 5. The highest BCUT2D eigenvalue weighted by molar-refractivity contribution is 5.85. The van der Waals surface area contributed by atoms with Gasteiger partial charge in [-0.05, 0) is 25.5 Å². The summed E-state index contributed by atoms with van der Waals surface area (Å²) in [6.07, 6.45) is 11.4. The Balaban J connectivity index is 0.000000882. The van der Waals surface area contributed by atoms with Gasteiger partial charge in [0.25, 0.3) is 0 Å². The molecule has 6 nitrogen and oxygen atoms in total. The molecule has 1 unspecified atom stereocenters. The van der Waals surface area contributed by atoms with Crippen molar-refractivity contribution in [2.45, 2.75) is 18.9 Å². The highest BCUT2D eigenvalue weighted by atomic mass is 35.5. The summed E-state index contributed by atoms with van der Waals surface area (Å²) in [5.41, 5.74) is 2.75. The predicted octanol–water partition coefficient (Wildman–Crippen LogP) is 2.45. The van der Waals surface area contributed by atoms with Crippen LogP contribution in [0.3, 0.4) is 0 Å². The minimum absolute atomic E-state index is 0. The third kappa shape index (κ3) is 2.90. The zero-order valence-electron chi connectivity index (χ0n) is 11.7. The van der Waals surface area contributed by atoms with Crippen molar-refractivity contribution < 1.29 is 0 Å².